The van der Waals surface area contributed by atoms with E-state index in [1.807, 2.05) is 11.3 Å². The molecule has 0 spiro atoms. The van der Waals surface area contributed by atoms with Crippen molar-refractivity contribution in [3.05, 3.63) is 269 Å². The van der Waals surface area contributed by atoms with Gasteiger partial charge in [0.05, 0.1) is 17.1 Å². The van der Waals surface area contributed by atoms with Gasteiger partial charge in [-0.3, -0.25) is 0 Å². The van der Waals surface area contributed by atoms with Crippen LogP contribution in [0.4, 0.5) is 11.4 Å². The van der Waals surface area contributed by atoms with E-state index < -0.39 is 0 Å². The number of hydrogen-bond acceptors (Lipinski definition) is 3. The van der Waals surface area contributed by atoms with Gasteiger partial charge in [-0.05, 0) is 114 Å². The molecule has 0 radical (unpaired) electrons. The average Bonchev–Trinajstić information content (AvgIpc) is 3.78. The highest BCUT2D eigenvalue weighted by molar-refractivity contribution is 7.20. The van der Waals surface area contributed by atoms with Crippen LogP contribution in [-0.4, -0.2) is 5.71 Å². The number of fused-ring (bicyclic) bond motifs is 6. The first-order valence-corrected chi connectivity index (χ1v) is 23.9. The summed E-state index contributed by atoms with van der Waals surface area (Å²) in [5.41, 5.74) is 24.4. The monoisotopic (exact) mass is 874 g/mol. The van der Waals surface area contributed by atoms with Crippen molar-refractivity contribution in [2.75, 3.05) is 5.73 Å². The van der Waals surface area contributed by atoms with Crippen LogP contribution < -0.4 is 5.73 Å². The van der Waals surface area contributed by atoms with Crippen molar-refractivity contribution in [3.8, 4) is 33.4 Å². The second-order valence-corrected chi connectivity index (χ2v) is 18.7. The summed E-state index contributed by atoms with van der Waals surface area (Å²) in [7, 11) is 0. The molecule has 67 heavy (non-hydrogen) atoms. The highest BCUT2D eigenvalue weighted by Gasteiger charge is 2.27. The first kappa shape index (κ1) is 40.4. The van der Waals surface area contributed by atoms with Crippen LogP contribution in [0.15, 0.2) is 242 Å². The average molecular weight is 875 g/mol. The Hall–Kier alpha value is -8.11. The number of nitrogens with zero attached hydrogens (tertiary/aromatic N) is 1. The molecule has 0 aliphatic heterocycles. The van der Waals surface area contributed by atoms with Crippen LogP contribution in [0.2, 0.25) is 0 Å². The minimum absolute atomic E-state index is 0.166. The highest BCUT2D eigenvalue weighted by Crippen LogP contribution is 2.48. The molecule has 2 N–H and O–H groups in total. The van der Waals surface area contributed by atoms with Gasteiger partial charge in [0, 0.05) is 32.7 Å². The third-order valence-electron chi connectivity index (χ3n) is 13.5. The Morgan fingerprint density at radius 3 is 1.75 bits per heavy atom. The van der Waals surface area contributed by atoms with Crippen molar-refractivity contribution in [3.63, 3.8) is 0 Å². The van der Waals surface area contributed by atoms with E-state index in [4.69, 9.17) is 10.7 Å². The molecule has 1 heterocycles. The lowest BCUT2D eigenvalue weighted by Crippen LogP contribution is -2.10. The number of hydrogen-bond donors (Lipinski definition) is 1. The van der Waals surface area contributed by atoms with E-state index in [2.05, 4.69) is 237 Å². The predicted octanol–water partition coefficient (Wildman–Crippen LogP) is 16.9. The molecule has 318 valence electrons. The van der Waals surface area contributed by atoms with E-state index in [0.29, 0.717) is 12.1 Å². The van der Waals surface area contributed by atoms with Crippen LogP contribution in [-0.2, 0) is 12.8 Å². The van der Waals surface area contributed by atoms with Gasteiger partial charge in [-0.15, -0.1) is 11.3 Å². The van der Waals surface area contributed by atoms with E-state index in [-0.39, 0.29) is 5.92 Å². The summed E-state index contributed by atoms with van der Waals surface area (Å²) in [5.74, 6) is 0.166. The molecule has 1 aromatic heterocycles. The summed E-state index contributed by atoms with van der Waals surface area (Å²) < 4.78 is 1.30. The van der Waals surface area contributed by atoms with E-state index in [0.717, 1.165) is 44.9 Å². The minimum atomic E-state index is 0.166. The number of anilines is 1. The SMILES string of the molecule is Nc1c(N=C(Cc2ccccc2)c2cccc(C3=CC(c4cccc(-c5ccccc5)c4)Cc4c3sc3ccc(-c5cccc(-c6ccccc6)c5)cc43)c2)c2ccccc2c2ccccc12. The van der Waals surface area contributed by atoms with Crippen LogP contribution in [0.5, 0.6) is 0 Å². The fraction of sp³-hybridized carbons (Fsp3) is 0.0469. The molecule has 10 aromatic carbocycles. The third-order valence-corrected chi connectivity index (χ3v) is 14.7. The maximum Gasteiger partial charge on any atom is 0.0947 e. The van der Waals surface area contributed by atoms with Crippen molar-refractivity contribution in [1.29, 1.82) is 0 Å². The van der Waals surface area contributed by atoms with Gasteiger partial charge in [0.15, 0.2) is 0 Å². The summed E-state index contributed by atoms with van der Waals surface area (Å²) >= 11 is 1.91. The quantitative estimate of drug-likeness (QED) is 0.0876. The molecule has 3 heteroatoms. The lowest BCUT2D eigenvalue weighted by atomic mass is 9.81. The van der Waals surface area contributed by atoms with E-state index in [9.17, 15) is 0 Å². The van der Waals surface area contributed by atoms with Crippen LogP contribution in [0.1, 0.15) is 38.6 Å². The smallest absolute Gasteiger partial charge is 0.0947 e. The van der Waals surface area contributed by atoms with Gasteiger partial charge in [0.1, 0.15) is 0 Å². The molecule has 1 aliphatic rings. The van der Waals surface area contributed by atoms with E-state index >= 15 is 0 Å². The van der Waals surface area contributed by atoms with Gasteiger partial charge in [0.25, 0.3) is 0 Å². The number of benzene rings is 10. The molecule has 0 saturated heterocycles. The first-order valence-electron chi connectivity index (χ1n) is 23.1. The predicted molar refractivity (Wildman–Crippen MR) is 287 cm³/mol. The number of thiophene rings is 1. The summed E-state index contributed by atoms with van der Waals surface area (Å²) in [6.07, 6.45) is 4.11. The summed E-state index contributed by atoms with van der Waals surface area (Å²) in [5, 5.41) is 5.70. The van der Waals surface area contributed by atoms with Crippen molar-refractivity contribution in [2.24, 2.45) is 4.99 Å². The molecule has 1 aliphatic carbocycles. The Balaban J connectivity index is 1.02. The zero-order chi connectivity index (χ0) is 44.7. The maximum atomic E-state index is 7.13. The van der Waals surface area contributed by atoms with Gasteiger partial charge in [-0.2, -0.15) is 0 Å². The Bertz CT molecular complexity index is 3690. The second-order valence-electron chi connectivity index (χ2n) is 17.6. The van der Waals surface area contributed by atoms with Crippen LogP contribution in [0.3, 0.4) is 0 Å². The van der Waals surface area contributed by atoms with Gasteiger partial charge < -0.3 is 5.73 Å². The first-order chi connectivity index (χ1) is 33.1. The molecular formula is C64H46N2S. The number of rotatable bonds is 9. The fourth-order valence-electron chi connectivity index (χ4n) is 10.1. The largest absolute Gasteiger partial charge is 0.396 e. The summed E-state index contributed by atoms with van der Waals surface area (Å²) in [4.78, 5) is 6.94. The molecular weight excluding hydrogens is 829 g/mol. The zero-order valence-electron chi connectivity index (χ0n) is 36.9. The number of nitrogen functional groups attached to an aromatic ring is 1. The van der Waals surface area contributed by atoms with Gasteiger partial charge in [-0.1, -0.05) is 212 Å². The van der Waals surface area contributed by atoms with Gasteiger partial charge >= 0.3 is 0 Å². The molecule has 0 saturated carbocycles. The molecule has 1 unspecified atom stereocenters. The molecule has 1 atom stereocenters. The maximum absolute atomic E-state index is 7.13. The molecule has 12 rings (SSSR count). The van der Waals surface area contributed by atoms with Crippen LogP contribution in [0, 0.1) is 0 Å². The molecule has 2 nitrogen and oxygen atoms in total. The summed E-state index contributed by atoms with van der Waals surface area (Å²) in [6, 6.07) is 83.3. The Morgan fingerprint density at radius 1 is 0.463 bits per heavy atom. The lowest BCUT2D eigenvalue weighted by molar-refractivity contribution is 0.833. The minimum Gasteiger partial charge on any atom is -0.396 e. The van der Waals surface area contributed by atoms with Crippen molar-refractivity contribution < 1.29 is 0 Å². The molecule has 0 amide bonds. The standard InChI is InChI=1S/C64H46N2S/c65-62-55-31-12-10-29-53(55)54-30-11-13-32-56(54)63(62)66-60(35-42-17-4-1-5-18-42)51-28-16-27-50(38-51)57-40-52(48-26-15-24-46(37-48)44-21-8-3-9-22-44)41-59-58-39-49(33-34-61(58)67-64(57)59)47-25-14-23-45(36-47)43-19-6-2-7-20-43/h1-34,36-40,52H,35,41,65H2. The highest BCUT2D eigenvalue weighted by atomic mass is 32.1. The van der Waals surface area contributed by atoms with Crippen LogP contribution >= 0.6 is 11.3 Å². The number of aliphatic imine (C=N–C) groups is 1. The Kier molecular flexibility index (Phi) is 10.5. The van der Waals surface area contributed by atoms with Gasteiger partial charge in [-0.25, -0.2) is 4.99 Å². The van der Waals surface area contributed by atoms with Crippen molar-refractivity contribution >= 4 is 65.6 Å². The van der Waals surface area contributed by atoms with Crippen molar-refractivity contribution in [1.82, 2.24) is 0 Å². The topological polar surface area (TPSA) is 38.4 Å². The fourth-order valence-corrected chi connectivity index (χ4v) is 11.4. The second kappa shape index (κ2) is 17.4. The normalized spacial score (nSPS) is 13.8. The Labute approximate surface area is 395 Å². The zero-order valence-corrected chi connectivity index (χ0v) is 37.8. The summed E-state index contributed by atoms with van der Waals surface area (Å²) in [6.45, 7) is 0. The third kappa shape index (κ3) is 7.74. The molecule has 11 aromatic rings. The Morgan fingerprint density at radius 2 is 1.01 bits per heavy atom. The van der Waals surface area contributed by atoms with Crippen LogP contribution in [0.25, 0.3) is 70.6 Å². The van der Waals surface area contributed by atoms with Gasteiger partial charge in [0.2, 0.25) is 0 Å². The lowest BCUT2D eigenvalue weighted by Gasteiger charge is -2.24. The molecule has 0 bridgehead atoms. The van der Waals surface area contributed by atoms with E-state index in [1.54, 1.807) is 0 Å². The number of nitrogens with two attached hydrogens (primary N) is 1. The van der Waals surface area contributed by atoms with Crippen molar-refractivity contribution in [2.45, 2.75) is 18.8 Å². The van der Waals surface area contributed by atoms with E-state index in [1.165, 1.54) is 76.2 Å². The number of allylic oxidation sites excluding steroid dienone is 1. The molecule has 0 fully saturated rings.